The fourth-order valence-electron chi connectivity index (χ4n) is 1.83. The summed E-state index contributed by atoms with van der Waals surface area (Å²) >= 11 is 0. The van der Waals surface area contributed by atoms with Gasteiger partial charge in [0.1, 0.15) is 0 Å². The zero-order chi connectivity index (χ0) is 13.7. The second-order valence-electron chi connectivity index (χ2n) is 3.96. The van der Waals surface area contributed by atoms with E-state index in [0.29, 0.717) is 17.9 Å². The Hall–Kier alpha value is -2.33. The number of carbonyl (C=O) groups excluding carboxylic acids is 1. The molecule has 0 aliphatic heterocycles. The van der Waals surface area contributed by atoms with E-state index >= 15 is 0 Å². The smallest absolute Gasteiger partial charge is 0.340 e. The number of rotatable bonds is 4. The van der Waals surface area contributed by atoms with Crippen LogP contribution in [0.15, 0.2) is 48.5 Å². The van der Waals surface area contributed by atoms with Crippen molar-refractivity contribution in [1.82, 2.24) is 0 Å². The van der Waals surface area contributed by atoms with Gasteiger partial charge in [0.25, 0.3) is 0 Å². The highest BCUT2D eigenvalue weighted by molar-refractivity contribution is 5.97. The van der Waals surface area contributed by atoms with Gasteiger partial charge in [0.15, 0.2) is 0 Å². The molecule has 0 bridgehead atoms. The van der Waals surface area contributed by atoms with Crippen LogP contribution in [-0.4, -0.2) is 17.8 Å². The number of carbonyl (C=O) groups is 1. The SMILES string of the molecule is CCOC(=O)c1cc(-c2ccccc2)ccc1NO. The summed E-state index contributed by atoms with van der Waals surface area (Å²) in [5.74, 6) is -0.461. The molecule has 4 heteroatoms. The van der Waals surface area contributed by atoms with Gasteiger partial charge in [-0.2, -0.15) is 0 Å². The summed E-state index contributed by atoms with van der Waals surface area (Å²) in [5.41, 5.74) is 4.54. The molecule has 0 atom stereocenters. The van der Waals surface area contributed by atoms with Crippen LogP contribution in [0, 0.1) is 0 Å². The summed E-state index contributed by atoms with van der Waals surface area (Å²) in [6, 6.07) is 14.9. The fraction of sp³-hybridized carbons (Fsp3) is 0.133. The molecule has 0 radical (unpaired) electrons. The van der Waals surface area contributed by atoms with Crippen molar-refractivity contribution in [2.75, 3.05) is 12.1 Å². The first-order chi connectivity index (χ1) is 9.26. The van der Waals surface area contributed by atoms with E-state index in [0.717, 1.165) is 11.1 Å². The first-order valence-electron chi connectivity index (χ1n) is 6.03. The van der Waals surface area contributed by atoms with Gasteiger partial charge in [-0.15, -0.1) is 0 Å². The lowest BCUT2D eigenvalue weighted by Crippen LogP contribution is -2.08. The number of hydrogen-bond donors (Lipinski definition) is 2. The van der Waals surface area contributed by atoms with Gasteiger partial charge >= 0.3 is 5.97 Å². The van der Waals surface area contributed by atoms with E-state index in [1.807, 2.05) is 41.9 Å². The monoisotopic (exact) mass is 257 g/mol. The number of esters is 1. The van der Waals surface area contributed by atoms with Crippen molar-refractivity contribution in [3.8, 4) is 11.1 Å². The van der Waals surface area contributed by atoms with Crippen molar-refractivity contribution in [3.63, 3.8) is 0 Å². The first-order valence-corrected chi connectivity index (χ1v) is 6.03. The molecule has 19 heavy (non-hydrogen) atoms. The molecule has 0 aliphatic carbocycles. The summed E-state index contributed by atoms with van der Waals surface area (Å²) in [6.07, 6.45) is 0. The average Bonchev–Trinajstić information content (AvgIpc) is 2.47. The van der Waals surface area contributed by atoms with E-state index in [1.54, 1.807) is 19.1 Å². The topological polar surface area (TPSA) is 58.6 Å². The normalized spacial score (nSPS) is 10.0. The summed E-state index contributed by atoms with van der Waals surface area (Å²) in [6.45, 7) is 2.03. The van der Waals surface area contributed by atoms with Gasteiger partial charge in [-0.1, -0.05) is 36.4 Å². The summed E-state index contributed by atoms with van der Waals surface area (Å²) < 4.78 is 4.97. The summed E-state index contributed by atoms with van der Waals surface area (Å²) in [4.78, 5) is 11.8. The van der Waals surface area contributed by atoms with Crippen molar-refractivity contribution < 1.29 is 14.7 Å². The lowest BCUT2D eigenvalue weighted by atomic mass is 10.0. The van der Waals surface area contributed by atoms with Crippen LogP contribution in [0.4, 0.5) is 5.69 Å². The fourth-order valence-corrected chi connectivity index (χ4v) is 1.83. The van der Waals surface area contributed by atoms with E-state index in [1.165, 1.54) is 0 Å². The third-order valence-corrected chi connectivity index (χ3v) is 2.74. The number of benzene rings is 2. The zero-order valence-corrected chi connectivity index (χ0v) is 10.6. The van der Waals surface area contributed by atoms with Crippen molar-refractivity contribution in [1.29, 1.82) is 0 Å². The van der Waals surface area contributed by atoms with Crippen LogP contribution >= 0.6 is 0 Å². The number of anilines is 1. The quantitative estimate of drug-likeness (QED) is 0.651. The predicted molar refractivity (Wildman–Crippen MR) is 73.2 cm³/mol. The molecule has 0 saturated carbocycles. The molecule has 4 nitrogen and oxygen atoms in total. The Labute approximate surface area is 111 Å². The lowest BCUT2D eigenvalue weighted by Gasteiger charge is -2.10. The van der Waals surface area contributed by atoms with Gasteiger partial charge in [-0.3, -0.25) is 10.7 Å². The second kappa shape index (κ2) is 6.02. The molecule has 2 rings (SSSR count). The maximum Gasteiger partial charge on any atom is 0.340 e. The largest absolute Gasteiger partial charge is 0.462 e. The molecule has 0 saturated heterocycles. The molecule has 0 amide bonds. The molecule has 2 aromatic carbocycles. The predicted octanol–water partition coefficient (Wildman–Crippen LogP) is 3.33. The van der Waals surface area contributed by atoms with Gasteiger partial charge in [0.2, 0.25) is 0 Å². The van der Waals surface area contributed by atoms with E-state index < -0.39 is 5.97 Å². The van der Waals surface area contributed by atoms with Gasteiger partial charge in [-0.25, -0.2) is 4.79 Å². The molecule has 0 aliphatic rings. The van der Waals surface area contributed by atoms with Crippen LogP contribution in [0.3, 0.4) is 0 Å². The van der Waals surface area contributed by atoms with Crippen LogP contribution in [0.2, 0.25) is 0 Å². The van der Waals surface area contributed by atoms with Crippen molar-refractivity contribution in [2.45, 2.75) is 6.92 Å². The van der Waals surface area contributed by atoms with E-state index in [4.69, 9.17) is 9.94 Å². The molecule has 0 heterocycles. The Morgan fingerprint density at radius 1 is 1.16 bits per heavy atom. The minimum absolute atomic E-state index is 0.291. The van der Waals surface area contributed by atoms with Gasteiger partial charge in [0.05, 0.1) is 17.9 Å². The Kier molecular flexibility index (Phi) is 4.15. The van der Waals surface area contributed by atoms with Crippen molar-refractivity contribution in [3.05, 3.63) is 54.1 Å². The molecule has 0 unspecified atom stereocenters. The van der Waals surface area contributed by atoms with Crippen LogP contribution in [0.25, 0.3) is 11.1 Å². The van der Waals surface area contributed by atoms with E-state index in [-0.39, 0.29) is 0 Å². The summed E-state index contributed by atoms with van der Waals surface area (Å²) in [5, 5.41) is 9.04. The molecule has 0 fully saturated rings. The Morgan fingerprint density at radius 3 is 2.53 bits per heavy atom. The van der Waals surface area contributed by atoms with Crippen molar-refractivity contribution >= 4 is 11.7 Å². The average molecular weight is 257 g/mol. The zero-order valence-electron chi connectivity index (χ0n) is 10.6. The summed E-state index contributed by atoms with van der Waals surface area (Å²) in [7, 11) is 0. The first kappa shape index (κ1) is 13.1. The van der Waals surface area contributed by atoms with E-state index in [2.05, 4.69) is 0 Å². The molecule has 0 spiro atoms. The van der Waals surface area contributed by atoms with Gasteiger partial charge in [-0.05, 0) is 30.2 Å². The number of nitrogens with one attached hydrogen (secondary N) is 1. The Morgan fingerprint density at radius 2 is 1.89 bits per heavy atom. The number of hydrogen-bond acceptors (Lipinski definition) is 4. The standard InChI is InChI=1S/C15H15NO3/c1-2-19-15(17)13-10-12(8-9-14(13)16-18)11-6-4-3-5-7-11/h3-10,16,18H,2H2,1H3. The molecule has 2 aromatic rings. The highest BCUT2D eigenvalue weighted by atomic mass is 16.5. The Balaban J connectivity index is 2.44. The van der Waals surface area contributed by atoms with Crippen LogP contribution < -0.4 is 5.48 Å². The van der Waals surface area contributed by atoms with Crippen LogP contribution in [0.5, 0.6) is 0 Å². The molecular weight excluding hydrogens is 242 g/mol. The lowest BCUT2D eigenvalue weighted by molar-refractivity contribution is 0.0526. The maximum absolute atomic E-state index is 11.8. The van der Waals surface area contributed by atoms with Crippen molar-refractivity contribution in [2.24, 2.45) is 0 Å². The molecule has 2 N–H and O–H groups in total. The third kappa shape index (κ3) is 2.92. The Bertz CT molecular complexity index is 567. The van der Waals surface area contributed by atoms with Gasteiger partial charge in [0, 0.05) is 0 Å². The molecule has 0 aromatic heterocycles. The van der Waals surface area contributed by atoms with Crippen LogP contribution in [0.1, 0.15) is 17.3 Å². The third-order valence-electron chi connectivity index (χ3n) is 2.74. The van der Waals surface area contributed by atoms with Gasteiger partial charge < -0.3 is 4.74 Å². The molecular formula is C15H15NO3. The second-order valence-corrected chi connectivity index (χ2v) is 3.96. The highest BCUT2D eigenvalue weighted by Crippen LogP contribution is 2.25. The van der Waals surface area contributed by atoms with Crippen LogP contribution in [-0.2, 0) is 4.74 Å². The van der Waals surface area contributed by atoms with E-state index in [9.17, 15) is 4.79 Å². The highest BCUT2D eigenvalue weighted by Gasteiger charge is 2.13. The minimum Gasteiger partial charge on any atom is -0.462 e. The number of ether oxygens (including phenoxy) is 1. The minimum atomic E-state index is -0.461. The maximum atomic E-state index is 11.8. The molecule has 98 valence electrons.